The molecule has 152 valence electrons. The van der Waals surface area contributed by atoms with Crippen molar-refractivity contribution >= 4 is 50.8 Å². The topological polar surface area (TPSA) is 90.6 Å². The third-order valence-electron chi connectivity index (χ3n) is 6.10. The van der Waals surface area contributed by atoms with Gasteiger partial charge in [0.25, 0.3) is 0 Å². The molecule has 0 N–H and O–H groups in total. The van der Waals surface area contributed by atoms with Crippen molar-refractivity contribution in [3.05, 3.63) is 23.1 Å². The third-order valence-corrected chi connectivity index (χ3v) is 8.06. The first-order valence-electron chi connectivity index (χ1n) is 9.84. The molecule has 8 nitrogen and oxygen atoms in total. The molecule has 2 bridgehead atoms. The van der Waals surface area contributed by atoms with E-state index in [-0.39, 0.29) is 5.28 Å². The number of ether oxygens (including phenoxy) is 1. The molecule has 0 amide bonds. The Balaban J connectivity index is 1.37. The molecule has 6 rings (SSSR count). The molecule has 3 aromatic heterocycles. The summed E-state index contributed by atoms with van der Waals surface area (Å²) in [5.41, 5.74) is 2.95. The fourth-order valence-electron chi connectivity index (χ4n) is 4.66. The number of anilines is 1. The van der Waals surface area contributed by atoms with E-state index in [1.54, 1.807) is 0 Å². The summed E-state index contributed by atoms with van der Waals surface area (Å²) in [7, 11) is 0. The summed E-state index contributed by atoms with van der Waals surface area (Å²) in [6, 6.07) is 2.51. The predicted octanol–water partition coefficient (Wildman–Crippen LogP) is 1.97. The zero-order valence-electron chi connectivity index (χ0n) is 15.7. The number of rotatable bonds is 3. The van der Waals surface area contributed by atoms with Gasteiger partial charge in [-0.2, -0.15) is 4.98 Å². The molecular weight excluding hydrogens is 414 g/mol. The van der Waals surface area contributed by atoms with Gasteiger partial charge in [-0.15, -0.1) is 0 Å². The van der Waals surface area contributed by atoms with E-state index in [9.17, 15) is 4.55 Å². The molecule has 3 aromatic rings. The second-order valence-electron chi connectivity index (χ2n) is 7.88. The van der Waals surface area contributed by atoms with Crippen LogP contribution in [0.2, 0.25) is 5.28 Å². The summed E-state index contributed by atoms with van der Waals surface area (Å²) in [6.07, 6.45) is 2.90. The average Bonchev–Trinajstić information content (AvgIpc) is 3.40. The Kier molecular flexibility index (Phi) is 4.35. The van der Waals surface area contributed by atoms with Crippen molar-refractivity contribution in [3.63, 3.8) is 0 Å². The second kappa shape index (κ2) is 6.95. The van der Waals surface area contributed by atoms with E-state index < -0.39 is 11.2 Å². The quantitative estimate of drug-likeness (QED) is 0.457. The highest BCUT2D eigenvalue weighted by molar-refractivity contribution is 7.92. The lowest BCUT2D eigenvalue weighted by atomic mass is 10.2. The van der Waals surface area contributed by atoms with E-state index in [0.717, 1.165) is 49.3 Å². The smallest absolute Gasteiger partial charge is 0.229 e. The molecule has 0 radical (unpaired) electrons. The Labute approximate surface area is 175 Å². The molecule has 6 heterocycles. The van der Waals surface area contributed by atoms with Gasteiger partial charge in [-0.25, -0.2) is 9.97 Å². The van der Waals surface area contributed by atoms with Gasteiger partial charge in [0.15, 0.2) is 11.4 Å². The lowest BCUT2D eigenvalue weighted by Gasteiger charge is -2.27. The summed E-state index contributed by atoms with van der Waals surface area (Å²) < 4.78 is 23.4. The molecule has 29 heavy (non-hydrogen) atoms. The minimum absolute atomic E-state index is 0.200. The minimum atomic E-state index is -0.649. The van der Waals surface area contributed by atoms with Crippen LogP contribution in [0.15, 0.2) is 16.7 Å². The normalized spacial score (nSPS) is 27.5. The summed E-state index contributed by atoms with van der Waals surface area (Å²) in [5, 5.41) is 1.38. The maximum atomic E-state index is 11.9. The van der Waals surface area contributed by atoms with Crippen molar-refractivity contribution in [2.45, 2.75) is 24.3 Å². The zero-order chi connectivity index (χ0) is 19.5. The maximum absolute atomic E-state index is 11.9. The first-order valence-corrected chi connectivity index (χ1v) is 11.6. The van der Waals surface area contributed by atoms with E-state index in [2.05, 4.69) is 30.8 Å². The van der Waals surface area contributed by atoms with Gasteiger partial charge in [0.05, 0.1) is 24.6 Å². The average molecular weight is 434 g/mol. The first-order chi connectivity index (χ1) is 14.2. The number of halogens is 1. The largest absolute Gasteiger partial charge is 0.616 e. The first kappa shape index (κ1) is 18.1. The summed E-state index contributed by atoms with van der Waals surface area (Å²) in [6.45, 7) is 4.46. The fourth-order valence-corrected chi connectivity index (χ4v) is 6.62. The molecule has 3 atom stereocenters. The van der Waals surface area contributed by atoms with Gasteiger partial charge in [0.1, 0.15) is 16.5 Å². The van der Waals surface area contributed by atoms with Gasteiger partial charge in [0, 0.05) is 38.8 Å². The Morgan fingerprint density at radius 3 is 2.90 bits per heavy atom. The molecule has 0 aromatic carbocycles. The zero-order valence-corrected chi connectivity index (χ0v) is 17.3. The van der Waals surface area contributed by atoms with E-state index >= 15 is 0 Å². The predicted molar refractivity (Wildman–Crippen MR) is 111 cm³/mol. The number of likely N-dealkylation sites (tertiary alicyclic amines) is 1. The van der Waals surface area contributed by atoms with Crippen LogP contribution in [0.4, 0.5) is 5.82 Å². The lowest BCUT2D eigenvalue weighted by molar-refractivity contribution is 0.122. The number of fused-ring (bicyclic) bond motifs is 5. The molecule has 1 unspecified atom stereocenters. The van der Waals surface area contributed by atoms with Gasteiger partial charge in [-0.05, 0) is 34.4 Å². The Hall–Kier alpha value is -1.65. The molecule has 0 spiro atoms. The Bertz CT molecular complexity index is 1090. The second-order valence-corrected chi connectivity index (χ2v) is 9.98. The molecule has 10 heteroatoms. The molecular formula is C19H20ClN5O3S. The van der Waals surface area contributed by atoms with Gasteiger partial charge < -0.3 is 18.6 Å². The van der Waals surface area contributed by atoms with E-state index in [1.807, 2.05) is 6.20 Å². The van der Waals surface area contributed by atoms with Crippen LogP contribution in [0.3, 0.4) is 0 Å². The van der Waals surface area contributed by atoms with Crippen LogP contribution < -0.4 is 4.90 Å². The number of morpholine rings is 1. The van der Waals surface area contributed by atoms with Crippen LogP contribution in [0.1, 0.15) is 12.0 Å². The van der Waals surface area contributed by atoms with Crippen molar-refractivity contribution in [1.29, 1.82) is 0 Å². The van der Waals surface area contributed by atoms with Crippen LogP contribution in [-0.2, 0) is 22.5 Å². The molecule has 0 aliphatic carbocycles. The van der Waals surface area contributed by atoms with Gasteiger partial charge in [-0.1, -0.05) is 0 Å². The van der Waals surface area contributed by atoms with Crippen LogP contribution in [-0.4, -0.2) is 74.3 Å². The number of aromatic nitrogens is 3. The van der Waals surface area contributed by atoms with E-state index in [1.165, 1.54) is 0 Å². The third kappa shape index (κ3) is 3.07. The van der Waals surface area contributed by atoms with Crippen molar-refractivity contribution in [1.82, 2.24) is 19.9 Å². The summed E-state index contributed by atoms with van der Waals surface area (Å²) in [5.74, 6) is 1.49. The van der Waals surface area contributed by atoms with Crippen LogP contribution in [0.25, 0.3) is 22.2 Å². The molecule has 3 aliphatic rings. The highest BCUT2D eigenvalue weighted by Gasteiger charge is 2.47. The van der Waals surface area contributed by atoms with Crippen LogP contribution in [0.5, 0.6) is 0 Å². The Morgan fingerprint density at radius 2 is 2.14 bits per heavy atom. The van der Waals surface area contributed by atoms with Gasteiger partial charge in [-0.3, -0.25) is 4.90 Å². The SMILES string of the molecule is [O-][S+]1C[C@@H]2C[C@H]1CN2Cc1cnc2oc3c(N4CCOCC4)nc(Cl)nc3c2c1. The van der Waals surface area contributed by atoms with Crippen LogP contribution >= 0.6 is 11.6 Å². The molecule has 3 fully saturated rings. The number of pyridine rings is 1. The van der Waals surface area contributed by atoms with Crippen LogP contribution in [0, 0.1) is 0 Å². The van der Waals surface area contributed by atoms with Crippen molar-refractivity contribution in [2.75, 3.05) is 43.5 Å². The molecule has 0 saturated carbocycles. The number of hydrogen-bond donors (Lipinski definition) is 0. The standard InChI is InChI=1S/C19H20ClN5O3S/c20-19-22-15-14-5-11(8-25-9-13-6-12(25)10-29(13)26)7-21-18(14)28-16(15)17(23-19)24-1-3-27-4-2-24/h5,7,12-13H,1-4,6,8-10H2/t12-,13-,29?/m0/s1. The molecule has 3 saturated heterocycles. The minimum Gasteiger partial charge on any atom is -0.616 e. The van der Waals surface area contributed by atoms with Crippen molar-refractivity contribution in [3.8, 4) is 0 Å². The van der Waals surface area contributed by atoms with Crippen molar-refractivity contribution < 1.29 is 13.7 Å². The highest BCUT2D eigenvalue weighted by atomic mass is 35.5. The fraction of sp³-hybridized carbons (Fsp3) is 0.526. The maximum Gasteiger partial charge on any atom is 0.229 e. The summed E-state index contributed by atoms with van der Waals surface area (Å²) >= 11 is 5.61. The monoisotopic (exact) mass is 433 g/mol. The summed E-state index contributed by atoms with van der Waals surface area (Å²) in [4.78, 5) is 17.9. The number of furan rings is 1. The Morgan fingerprint density at radius 1 is 1.28 bits per heavy atom. The van der Waals surface area contributed by atoms with Crippen molar-refractivity contribution in [2.24, 2.45) is 0 Å². The van der Waals surface area contributed by atoms with E-state index in [0.29, 0.717) is 47.1 Å². The lowest BCUT2D eigenvalue weighted by Crippen LogP contribution is -2.39. The van der Waals surface area contributed by atoms with Gasteiger partial charge >= 0.3 is 0 Å². The molecule has 3 aliphatic heterocycles. The van der Waals surface area contributed by atoms with Gasteiger partial charge in [0.2, 0.25) is 11.0 Å². The highest BCUT2D eigenvalue weighted by Crippen LogP contribution is 2.36. The van der Waals surface area contributed by atoms with E-state index in [4.69, 9.17) is 20.8 Å². The number of nitrogens with zero attached hydrogens (tertiary/aromatic N) is 5. The number of hydrogen-bond acceptors (Lipinski definition) is 8.